The van der Waals surface area contributed by atoms with Crippen molar-refractivity contribution in [2.24, 2.45) is 0 Å². The van der Waals surface area contributed by atoms with Gasteiger partial charge in [-0.3, -0.25) is 0 Å². The summed E-state index contributed by atoms with van der Waals surface area (Å²) >= 11 is 0. The summed E-state index contributed by atoms with van der Waals surface area (Å²) in [5, 5.41) is 3.44. The Balaban J connectivity index is 1.91. The van der Waals surface area contributed by atoms with E-state index in [2.05, 4.69) is 61.6 Å². The van der Waals surface area contributed by atoms with Crippen LogP contribution in [0.4, 0.5) is 5.69 Å². The van der Waals surface area contributed by atoms with Gasteiger partial charge < -0.3 is 10.1 Å². The molecule has 20 heavy (non-hydrogen) atoms. The predicted octanol–water partition coefficient (Wildman–Crippen LogP) is 4.79. The lowest BCUT2D eigenvalue weighted by atomic mass is 10.2. The van der Waals surface area contributed by atoms with Crippen molar-refractivity contribution in [2.75, 3.05) is 11.9 Å². The van der Waals surface area contributed by atoms with Crippen LogP contribution in [0.5, 0.6) is 5.75 Å². The van der Waals surface area contributed by atoms with Crippen LogP contribution in [0.25, 0.3) is 0 Å². The molecule has 0 atom stereocenters. The van der Waals surface area contributed by atoms with Crippen molar-refractivity contribution < 1.29 is 4.74 Å². The van der Waals surface area contributed by atoms with Crippen LogP contribution in [0.15, 0.2) is 48.5 Å². The molecule has 0 aliphatic heterocycles. The zero-order valence-electron chi connectivity index (χ0n) is 12.4. The smallest absolute Gasteiger partial charge is 0.119 e. The van der Waals surface area contributed by atoms with E-state index in [1.807, 2.05) is 6.07 Å². The van der Waals surface area contributed by atoms with Gasteiger partial charge in [0.15, 0.2) is 0 Å². The van der Waals surface area contributed by atoms with Crippen LogP contribution < -0.4 is 10.1 Å². The maximum Gasteiger partial charge on any atom is 0.119 e. The van der Waals surface area contributed by atoms with Crippen LogP contribution in [0, 0.1) is 6.92 Å². The molecule has 2 nitrogen and oxygen atoms in total. The maximum atomic E-state index is 5.73. The van der Waals surface area contributed by atoms with Crippen molar-refractivity contribution in [3.8, 4) is 5.75 Å². The largest absolute Gasteiger partial charge is 0.494 e. The molecule has 0 amide bonds. The highest BCUT2D eigenvalue weighted by atomic mass is 16.5. The van der Waals surface area contributed by atoms with Crippen molar-refractivity contribution in [2.45, 2.75) is 33.2 Å². The number of rotatable bonds is 7. The third-order valence-corrected chi connectivity index (χ3v) is 3.18. The van der Waals surface area contributed by atoms with Gasteiger partial charge in [-0.2, -0.15) is 0 Å². The van der Waals surface area contributed by atoms with Gasteiger partial charge in [0.1, 0.15) is 5.75 Å². The lowest BCUT2D eigenvalue weighted by molar-refractivity contribution is 0.309. The normalized spacial score (nSPS) is 10.3. The Bertz CT molecular complexity index is 536. The summed E-state index contributed by atoms with van der Waals surface area (Å²) in [5.41, 5.74) is 3.66. The molecule has 0 heterocycles. The van der Waals surface area contributed by atoms with Gasteiger partial charge in [-0.15, -0.1) is 0 Å². The Labute approximate surface area is 121 Å². The summed E-state index contributed by atoms with van der Waals surface area (Å²) < 4.78 is 5.73. The molecular formula is C18H23NO. The number of hydrogen-bond donors (Lipinski definition) is 1. The topological polar surface area (TPSA) is 21.3 Å². The summed E-state index contributed by atoms with van der Waals surface area (Å²) in [6.07, 6.45) is 2.26. The quantitative estimate of drug-likeness (QED) is 0.730. The van der Waals surface area contributed by atoms with Crippen LogP contribution >= 0.6 is 0 Å². The van der Waals surface area contributed by atoms with Crippen molar-refractivity contribution >= 4 is 5.69 Å². The molecule has 2 rings (SSSR count). The van der Waals surface area contributed by atoms with Gasteiger partial charge in [0.25, 0.3) is 0 Å². The second-order valence-electron chi connectivity index (χ2n) is 5.07. The number of benzene rings is 2. The first-order valence-electron chi connectivity index (χ1n) is 7.30. The lowest BCUT2D eigenvalue weighted by Crippen LogP contribution is -2.01. The lowest BCUT2D eigenvalue weighted by Gasteiger charge is -2.10. The van der Waals surface area contributed by atoms with Gasteiger partial charge >= 0.3 is 0 Å². The highest BCUT2D eigenvalue weighted by Crippen LogP contribution is 2.16. The minimum Gasteiger partial charge on any atom is -0.494 e. The van der Waals surface area contributed by atoms with E-state index >= 15 is 0 Å². The van der Waals surface area contributed by atoms with Crippen LogP contribution in [-0.4, -0.2) is 6.61 Å². The van der Waals surface area contributed by atoms with E-state index in [4.69, 9.17) is 4.74 Å². The maximum absolute atomic E-state index is 5.73. The van der Waals surface area contributed by atoms with E-state index in [-0.39, 0.29) is 0 Å². The number of hydrogen-bond acceptors (Lipinski definition) is 2. The Kier molecular flexibility index (Phi) is 5.48. The number of unbranched alkanes of at least 4 members (excludes halogenated alkanes) is 1. The van der Waals surface area contributed by atoms with E-state index < -0.39 is 0 Å². The summed E-state index contributed by atoms with van der Waals surface area (Å²) in [6, 6.07) is 16.7. The molecule has 0 fully saturated rings. The van der Waals surface area contributed by atoms with Crippen molar-refractivity contribution in [3.05, 3.63) is 59.7 Å². The molecule has 1 N–H and O–H groups in total. The van der Waals surface area contributed by atoms with Crippen molar-refractivity contribution in [3.63, 3.8) is 0 Å². The van der Waals surface area contributed by atoms with Gasteiger partial charge in [-0.25, -0.2) is 0 Å². The van der Waals surface area contributed by atoms with Crippen LogP contribution in [0.1, 0.15) is 30.9 Å². The van der Waals surface area contributed by atoms with Crippen LogP contribution in [-0.2, 0) is 6.54 Å². The van der Waals surface area contributed by atoms with Crippen LogP contribution in [0.2, 0.25) is 0 Å². The highest BCUT2D eigenvalue weighted by Gasteiger charge is 1.98. The number of ether oxygens (including phenoxy) is 1. The molecule has 2 heteroatoms. The minimum atomic E-state index is 0.797. The molecular weight excluding hydrogens is 246 g/mol. The monoisotopic (exact) mass is 269 g/mol. The zero-order valence-corrected chi connectivity index (χ0v) is 12.4. The first kappa shape index (κ1) is 14.4. The zero-order chi connectivity index (χ0) is 14.2. The average Bonchev–Trinajstić information content (AvgIpc) is 2.46. The molecule has 0 unspecified atom stereocenters. The molecule has 0 aliphatic rings. The fourth-order valence-electron chi connectivity index (χ4n) is 2.04. The van der Waals surface area contributed by atoms with Crippen LogP contribution in [0.3, 0.4) is 0 Å². The van der Waals surface area contributed by atoms with Gasteiger partial charge in [0.05, 0.1) is 6.61 Å². The molecule has 0 radical (unpaired) electrons. The summed E-state index contributed by atoms with van der Waals surface area (Å²) in [5.74, 6) is 0.960. The van der Waals surface area contributed by atoms with Gasteiger partial charge in [-0.05, 0) is 48.7 Å². The minimum absolute atomic E-state index is 0.797. The van der Waals surface area contributed by atoms with Gasteiger partial charge in [0, 0.05) is 12.2 Å². The van der Waals surface area contributed by atoms with E-state index in [9.17, 15) is 0 Å². The molecule has 0 bridgehead atoms. The highest BCUT2D eigenvalue weighted by molar-refractivity contribution is 5.46. The second-order valence-corrected chi connectivity index (χ2v) is 5.07. The van der Waals surface area contributed by atoms with Gasteiger partial charge in [-0.1, -0.05) is 37.6 Å². The fourth-order valence-corrected chi connectivity index (χ4v) is 2.04. The third kappa shape index (κ3) is 4.61. The van der Waals surface area contributed by atoms with Crippen molar-refractivity contribution in [1.82, 2.24) is 0 Å². The molecule has 106 valence electrons. The van der Waals surface area contributed by atoms with E-state index in [0.717, 1.165) is 37.4 Å². The predicted molar refractivity (Wildman–Crippen MR) is 85.4 cm³/mol. The van der Waals surface area contributed by atoms with E-state index in [1.54, 1.807) is 0 Å². The Morgan fingerprint density at radius 3 is 2.70 bits per heavy atom. The number of nitrogens with one attached hydrogen (secondary N) is 1. The molecule has 0 aliphatic carbocycles. The van der Waals surface area contributed by atoms with E-state index in [0.29, 0.717) is 0 Å². The Morgan fingerprint density at radius 2 is 1.90 bits per heavy atom. The third-order valence-electron chi connectivity index (χ3n) is 3.18. The summed E-state index contributed by atoms with van der Waals surface area (Å²) in [6.45, 7) is 5.89. The Hall–Kier alpha value is -1.96. The average molecular weight is 269 g/mol. The second kappa shape index (κ2) is 7.59. The summed E-state index contributed by atoms with van der Waals surface area (Å²) in [7, 11) is 0. The molecule has 0 spiro atoms. The van der Waals surface area contributed by atoms with Crippen molar-refractivity contribution in [1.29, 1.82) is 0 Å². The Morgan fingerprint density at radius 1 is 1.05 bits per heavy atom. The molecule has 0 aromatic heterocycles. The standard InChI is InChI=1S/C18H23NO/c1-3-4-11-20-18-10-6-8-16(13-18)14-19-17-9-5-7-15(2)12-17/h5-10,12-13,19H,3-4,11,14H2,1-2H3. The van der Waals surface area contributed by atoms with E-state index in [1.165, 1.54) is 11.1 Å². The van der Waals surface area contributed by atoms with Gasteiger partial charge in [0.2, 0.25) is 0 Å². The fraction of sp³-hybridized carbons (Fsp3) is 0.333. The number of anilines is 1. The molecule has 0 saturated heterocycles. The number of aryl methyl sites for hydroxylation is 1. The first-order chi connectivity index (χ1) is 9.78. The SMILES string of the molecule is CCCCOc1cccc(CNc2cccc(C)c2)c1. The molecule has 2 aromatic rings. The first-order valence-corrected chi connectivity index (χ1v) is 7.30. The molecule has 0 saturated carbocycles. The molecule has 2 aromatic carbocycles. The summed E-state index contributed by atoms with van der Waals surface area (Å²) in [4.78, 5) is 0.